The summed E-state index contributed by atoms with van der Waals surface area (Å²) in [5, 5.41) is 11.3. The highest BCUT2D eigenvalue weighted by molar-refractivity contribution is 7.99. The highest BCUT2D eigenvalue weighted by Crippen LogP contribution is 2.24. The lowest BCUT2D eigenvalue weighted by Crippen LogP contribution is -2.06. The van der Waals surface area contributed by atoms with Crippen LogP contribution < -0.4 is 0 Å². The van der Waals surface area contributed by atoms with Gasteiger partial charge in [-0.2, -0.15) is 0 Å². The number of hydrogen-bond acceptors (Lipinski definition) is 6. The quantitative estimate of drug-likeness (QED) is 0.271. The van der Waals surface area contributed by atoms with E-state index in [-0.39, 0.29) is 11.5 Å². The van der Waals surface area contributed by atoms with Crippen LogP contribution in [0, 0.1) is 0 Å². The summed E-state index contributed by atoms with van der Waals surface area (Å²) in [6.07, 6.45) is 6.62. The van der Waals surface area contributed by atoms with Crippen molar-refractivity contribution >= 4 is 28.3 Å². The first kappa shape index (κ1) is 18.1. The first-order valence-electron chi connectivity index (χ1n) is 8.71. The Bertz CT molecular complexity index is 1140. The molecular weight excluding hydrogens is 370 g/mol. The fourth-order valence-corrected chi connectivity index (χ4v) is 3.71. The van der Waals surface area contributed by atoms with Crippen molar-refractivity contribution in [1.29, 1.82) is 0 Å². The number of carbonyl (C=O) groups excluding carboxylic acids is 1. The van der Waals surface area contributed by atoms with Crippen molar-refractivity contribution in [1.82, 2.24) is 24.7 Å². The minimum atomic E-state index is 0.0463. The molecule has 0 unspecified atom stereocenters. The van der Waals surface area contributed by atoms with E-state index in [2.05, 4.69) is 26.7 Å². The van der Waals surface area contributed by atoms with Gasteiger partial charge in [0.15, 0.2) is 16.8 Å². The molecule has 0 atom stereocenters. The number of nitrogens with zero attached hydrogens (tertiary/aromatic N) is 5. The summed E-state index contributed by atoms with van der Waals surface area (Å²) in [6, 6.07) is 13.8. The minimum absolute atomic E-state index is 0.0463. The van der Waals surface area contributed by atoms with Crippen LogP contribution in [0.15, 0.2) is 78.9 Å². The van der Waals surface area contributed by atoms with Crippen LogP contribution >= 0.6 is 11.8 Å². The van der Waals surface area contributed by atoms with Gasteiger partial charge in [0.2, 0.25) is 0 Å². The SMILES string of the molecule is C=CCn1c(SCC(=O)c2ccc3ccccc3c2)nnc1-c1cnccn1. The van der Waals surface area contributed by atoms with Crippen LogP contribution in [-0.4, -0.2) is 36.3 Å². The number of carbonyl (C=O) groups is 1. The van der Waals surface area contributed by atoms with Gasteiger partial charge in [0.25, 0.3) is 0 Å². The van der Waals surface area contributed by atoms with Gasteiger partial charge in [-0.1, -0.05) is 54.2 Å². The summed E-state index contributed by atoms with van der Waals surface area (Å²) in [7, 11) is 0. The molecule has 0 radical (unpaired) electrons. The zero-order valence-electron chi connectivity index (χ0n) is 15.0. The molecule has 2 heterocycles. The van der Waals surface area contributed by atoms with E-state index >= 15 is 0 Å². The molecular formula is C21H17N5OS. The average molecular weight is 387 g/mol. The highest BCUT2D eigenvalue weighted by atomic mass is 32.2. The maximum atomic E-state index is 12.7. The zero-order chi connectivity index (χ0) is 19.3. The summed E-state index contributed by atoms with van der Waals surface area (Å²) in [5.41, 5.74) is 1.32. The molecule has 6 nitrogen and oxygen atoms in total. The van der Waals surface area contributed by atoms with E-state index < -0.39 is 0 Å². The number of Topliss-reactive ketones (excluding diaryl/α,β-unsaturated/α-hetero) is 1. The third-order valence-electron chi connectivity index (χ3n) is 4.22. The predicted molar refractivity (Wildman–Crippen MR) is 110 cm³/mol. The fraction of sp³-hybridized carbons (Fsp3) is 0.0952. The van der Waals surface area contributed by atoms with E-state index in [1.807, 2.05) is 47.0 Å². The van der Waals surface area contributed by atoms with Crippen LogP contribution in [0.5, 0.6) is 0 Å². The Balaban J connectivity index is 1.54. The number of fused-ring (bicyclic) bond motifs is 1. The van der Waals surface area contributed by atoms with Gasteiger partial charge in [-0.15, -0.1) is 16.8 Å². The highest BCUT2D eigenvalue weighted by Gasteiger charge is 2.16. The van der Waals surface area contributed by atoms with E-state index in [1.165, 1.54) is 11.8 Å². The van der Waals surface area contributed by atoms with Crippen molar-refractivity contribution in [2.24, 2.45) is 0 Å². The summed E-state index contributed by atoms with van der Waals surface area (Å²) in [5.74, 6) is 0.923. The van der Waals surface area contributed by atoms with Crippen LogP contribution in [0.2, 0.25) is 0 Å². The number of benzene rings is 2. The monoisotopic (exact) mass is 387 g/mol. The summed E-state index contributed by atoms with van der Waals surface area (Å²) in [6.45, 7) is 4.31. The molecule has 0 aliphatic heterocycles. The van der Waals surface area contributed by atoms with Gasteiger partial charge in [0, 0.05) is 24.5 Å². The van der Waals surface area contributed by atoms with Crippen LogP contribution in [0.3, 0.4) is 0 Å². The molecule has 4 rings (SSSR count). The van der Waals surface area contributed by atoms with Crippen molar-refractivity contribution in [3.63, 3.8) is 0 Å². The number of rotatable bonds is 7. The molecule has 138 valence electrons. The van der Waals surface area contributed by atoms with E-state index in [4.69, 9.17) is 0 Å². The Morgan fingerprint density at radius 1 is 1.11 bits per heavy atom. The van der Waals surface area contributed by atoms with E-state index in [9.17, 15) is 4.79 Å². The van der Waals surface area contributed by atoms with Gasteiger partial charge < -0.3 is 0 Å². The molecule has 4 aromatic rings. The van der Waals surface area contributed by atoms with Gasteiger partial charge >= 0.3 is 0 Å². The Labute approximate surface area is 166 Å². The summed E-state index contributed by atoms with van der Waals surface area (Å²) >= 11 is 1.35. The molecule has 0 fully saturated rings. The van der Waals surface area contributed by atoms with E-state index in [0.717, 1.165) is 10.8 Å². The number of aromatic nitrogens is 5. The topological polar surface area (TPSA) is 73.6 Å². The second-order valence-corrected chi connectivity index (χ2v) is 7.01. The van der Waals surface area contributed by atoms with Gasteiger partial charge in [-0.05, 0) is 16.8 Å². The van der Waals surface area contributed by atoms with Crippen LogP contribution in [0.1, 0.15) is 10.4 Å². The lowest BCUT2D eigenvalue weighted by atomic mass is 10.1. The van der Waals surface area contributed by atoms with E-state index in [1.54, 1.807) is 24.7 Å². The first-order chi connectivity index (χ1) is 13.8. The molecule has 0 spiro atoms. The van der Waals surface area contributed by atoms with Gasteiger partial charge in [0.05, 0.1) is 11.9 Å². The maximum absolute atomic E-state index is 12.7. The van der Waals surface area contributed by atoms with Gasteiger partial charge in [-0.3, -0.25) is 14.3 Å². The van der Waals surface area contributed by atoms with Crippen LogP contribution in [0.4, 0.5) is 0 Å². The molecule has 0 bridgehead atoms. The molecule has 2 aromatic heterocycles. The Morgan fingerprint density at radius 3 is 2.75 bits per heavy atom. The largest absolute Gasteiger partial charge is 0.297 e. The van der Waals surface area contributed by atoms with Crippen molar-refractivity contribution in [3.05, 3.63) is 79.3 Å². The van der Waals surface area contributed by atoms with Crippen molar-refractivity contribution in [2.45, 2.75) is 11.7 Å². The Kier molecular flexibility index (Phi) is 5.25. The lowest BCUT2D eigenvalue weighted by molar-refractivity contribution is 0.102. The number of hydrogen-bond donors (Lipinski definition) is 0. The number of thioether (sulfide) groups is 1. The molecule has 0 saturated carbocycles. The third kappa shape index (κ3) is 3.70. The van der Waals surface area contributed by atoms with Crippen molar-refractivity contribution in [2.75, 3.05) is 5.75 Å². The lowest BCUT2D eigenvalue weighted by Gasteiger charge is -2.07. The Morgan fingerprint density at radius 2 is 1.96 bits per heavy atom. The number of allylic oxidation sites excluding steroid dienone is 1. The van der Waals surface area contributed by atoms with Gasteiger partial charge in [0.1, 0.15) is 5.69 Å². The molecule has 0 aliphatic carbocycles. The fourth-order valence-electron chi connectivity index (χ4n) is 2.87. The molecule has 0 aliphatic rings. The molecule has 2 aromatic carbocycles. The Hall–Kier alpha value is -3.32. The first-order valence-corrected chi connectivity index (χ1v) is 9.70. The second kappa shape index (κ2) is 8.14. The molecule has 0 saturated heterocycles. The van der Waals surface area contributed by atoms with Crippen LogP contribution in [-0.2, 0) is 6.54 Å². The minimum Gasteiger partial charge on any atom is -0.297 e. The normalized spacial score (nSPS) is 10.9. The smallest absolute Gasteiger partial charge is 0.192 e. The maximum Gasteiger partial charge on any atom is 0.192 e. The zero-order valence-corrected chi connectivity index (χ0v) is 15.8. The average Bonchev–Trinajstić information content (AvgIpc) is 3.15. The number of ketones is 1. The third-order valence-corrected chi connectivity index (χ3v) is 5.19. The van der Waals surface area contributed by atoms with Crippen molar-refractivity contribution in [3.8, 4) is 11.5 Å². The van der Waals surface area contributed by atoms with Gasteiger partial charge in [-0.25, -0.2) is 4.98 Å². The van der Waals surface area contributed by atoms with Crippen molar-refractivity contribution < 1.29 is 4.79 Å². The second-order valence-electron chi connectivity index (χ2n) is 6.07. The molecule has 0 amide bonds. The van der Waals surface area contributed by atoms with Crippen LogP contribution in [0.25, 0.3) is 22.3 Å². The summed E-state index contributed by atoms with van der Waals surface area (Å²) < 4.78 is 1.88. The molecule has 28 heavy (non-hydrogen) atoms. The standard InChI is InChI=1S/C21H17N5OS/c1-2-11-26-20(18-13-22-9-10-23-18)24-25-21(26)28-14-19(27)17-8-7-15-5-3-4-6-16(15)12-17/h2-10,12-13H,1,11,14H2. The van der Waals surface area contributed by atoms with E-state index in [0.29, 0.717) is 28.8 Å². The molecule has 7 heteroatoms. The predicted octanol–water partition coefficient (Wildman–Crippen LogP) is 4.05. The molecule has 0 N–H and O–H groups in total. The summed E-state index contributed by atoms with van der Waals surface area (Å²) in [4.78, 5) is 21.0.